The van der Waals surface area contributed by atoms with E-state index >= 15 is 0 Å². The second-order valence-electron chi connectivity index (χ2n) is 6.10. The Kier molecular flexibility index (Phi) is 3.93. The standard InChI is InChI=1S/C19H16ClN5/c1-12(2)17-19(25-11-14(20)8-9-16(25)22-17)24-23-15-7-3-5-13-6-4-10-21-18(13)15/h3-12H,1-2H3. The minimum atomic E-state index is 0.221. The van der Waals surface area contributed by atoms with Crippen LogP contribution in [0, 0.1) is 0 Å². The molecular weight excluding hydrogens is 334 g/mol. The lowest BCUT2D eigenvalue weighted by Crippen LogP contribution is -1.88. The average Bonchev–Trinajstić information content (AvgIpc) is 2.98. The number of imidazole rings is 1. The number of para-hydroxylation sites is 1. The topological polar surface area (TPSA) is 54.9 Å². The Labute approximate surface area is 150 Å². The zero-order valence-electron chi connectivity index (χ0n) is 13.9. The van der Waals surface area contributed by atoms with Gasteiger partial charge in [0.05, 0.1) is 16.2 Å². The highest BCUT2D eigenvalue weighted by Crippen LogP contribution is 2.31. The van der Waals surface area contributed by atoms with Crippen molar-refractivity contribution < 1.29 is 0 Å². The van der Waals surface area contributed by atoms with E-state index < -0.39 is 0 Å². The molecule has 4 rings (SSSR count). The van der Waals surface area contributed by atoms with Crippen LogP contribution in [0.1, 0.15) is 25.5 Å². The molecule has 0 aliphatic rings. The Hall–Kier alpha value is -2.79. The van der Waals surface area contributed by atoms with Gasteiger partial charge < -0.3 is 0 Å². The van der Waals surface area contributed by atoms with Gasteiger partial charge in [-0.1, -0.05) is 43.6 Å². The highest BCUT2D eigenvalue weighted by Gasteiger charge is 2.15. The van der Waals surface area contributed by atoms with Gasteiger partial charge in [-0.3, -0.25) is 9.38 Å². The second-order valence-corrected chi connectivity index (χ2v) is 6.54. The smallest absolute Gasteiger partial charge is 0.183 e. The van der Waals surface area contributed by atoms with Crippen LogP contribution in [0.15, 0.2) is 65.1 Å². The summed E-state index contributed by atoms with van der Waals surface area (Å²) in [6.45, 7) is 4.17. The zero-order valence-corrected chi connectivity index (χ0v) is 14.6. The number of aromatic nitrogens is 3. The first-order valence-electron chi connectivity index (χ1n) is 8.06. The molecule has 0 radical (unpaired) electrons. The Morgan fingerprint density at radius 3 is 2.72 bits per heavy atom. The van der Waals surface area contributed by atoms with Crippen LogP contribution >= 0.6 is 11.6 Å². The van der Waals surface area contributed by atoms with Crippen molar-refractivity contribution in [2.24, 2.45) is 10.2 Å². The summed E-state index contributed by atoms with van der Waals surface area (Å²) in [6, 6.07) is 13.5. The van der Waals surface area contributed by atoms with E-state index in [9.17, 15) is 0 Å². The molecule has 0 fully saturated rings. The number of pyridine rings is 2. The van der Waals surface area contributed by atoms with E-state index in [1.54, 1.807) is 6.20 Å². The monoisotopic (exact) mass is 349 g/mol. The number of halogens is 1. The van der Waals surface area contributed by atoms with Gasteiger partial charge in [-0.2, -0.15) is 0 Å². The van der Waals surface area contributed by atoms with Gasteiger partial charge in [0.25, 0.3) is 0 Å². The molecule has 0 atom stereocenters. The van der Waals surface area contributed by atoms with Crippen molar-refractivity contribution in [3.63, 3.8) is 0 Å². The van der Waals surface area contributed by atoms with Gasteiger partial charge in [0.1, 0.15) is 11.3 Å². The molecule has 25 heavy (non-hydrogen) atoms. The Bertz CT molecular complexity index is 1090. The third-order valence-electron chi connectivity index (χ3n) is 3.99. The van der Waals surface area contributed by atoms with Crippen LogP contribution in [0.25, 0.3) is 16.6 Å². The van der Waals surface area contributed by atoms with Gasteiger partial charge in [-0.15, -0.1) is 10.2 Å². The van der Waals surface area contributed by atoms with Crippen molar-refractivity contribution in [3.8, 4) is 0 Å². The summed E-state index contributed by atoms with van der Waals surface area (Å²) in [4.78, 5) is 9.08. The Balaban J connectivity index is 1.88. The first-order chi connectivity index (χ1) is 12.1. The van der Waals surface area contributed by atoms with Gasteiger partial charge in [0, 0.05) is 17.8 Å². The molecular formula is C19H16ClN5. The summed E-state index contributed by atoms with van der Waals surface area (Å²) in [7, 11) is 0. The van der Waals surface area contributed by atoms with Crippen LogP contribution in [0.5, 0.6) is 0 Å². The average molecular weight is 350 g/mol. The van der Waals surface area contributed by atoms with Crippen molar-refractivity contribution in [1.82, 2.24) is 14.4 Å². The van der Waals surface area contributed by atoms with E-state index in [1.165, 1.54) is 0 Å². The number of fused-ring (bicyclic) bond motifs is 2. The van der Waals surface area contributed by atoms with Gasteiger partial charge >= 0.3 is 0 Å². The number of hydrogen-bond donors (Lipinski definition) is 0. The third kappa shape index (κ3) is 2.87. The molecule has 124 valence electrons. The quantitative estimate of drug-likeness (QED) is 0.421. The maximum absolute atomic E-state index is 6.14. The molecule has 0 unspecified atom stereocenters. The molecule has 0 amide bonds. The van der Waals surface area contributed by atoms with Gasteiger partial charge in [0.15, 0.2) is 5.82 Å². The number of benzene rings is 1. The lowest BCUT2D eigenvalue weighted by molar-refractivity contribution is 0.831. The molecule has 3 heterocycles. The summed E-state index contributed by atoms with van der Waals surface area (Å²) < 4.78 is 1.87. The Morgan fingerprint density at radius 2 is 1.88 bits per heavy atom. The number of hydrogen-bond acceptors (Lipinski definition) is 4. The Morgan fingerprint density at radius 1 is 1.04 bits per heavy atom. The molecule has 0 N–H and O–H groups in total. The van der Waals surface area contributed by atoms with E-state index in [-0.39, 0.29) is 5.92 Å². The number of azo groups is 1. The highest BCUT2D eigenvalue weighted by molar-refractivity contribution is 6.30. The molecule has 0 saturated carbocycles. The van der Waals surface area contributed by atoms with Crippen LogP contribution in [-0.2, 0) is 0 Å². The predicted octanol–water partition coefficient (Wildman–Crippen LogP) is 6.07. The van der Waals surface area contributed by atoms with E-state index in [0.717, 1.165) is 27.9 Å². The minimum Gasteiger partial charge on any atom is -0.281 e. The van der Waals surface area contributed by atoms with Crippen LogP contribution < -0.4 is 0 Å². The molecule has 0 spiro atoms. The molecule has 6 heteroatoms. The van der Waals surface area contributed by atoms with Crippen molar-refractivity contribution in [3.05, 3.63) is 65.6 Å². The summed E-state index contributed by atoms with van der Waals surface area (Å²) in [6.07, 6.45) is 3.57. The van der Waals surface area contributed by atoms with Crippen molar-refractivity contribution >= 4 is 39.7 Å². The summed E-state index contributed by atoms with van der Waals surface area (Å²) in [5.74, 6) is 0.915. The van der Waals surface area contributed by atoms with Crippen LogP contribution in [0.3, 0.4) is 0 Å². The number of rotatable bonds is 3. The third-order valence-corrected chi connectivity index (χ3v) is 4.22. The maximum Gasteiger partial charge on any atom is 0.183 e. The van der Waals surface area contributed by atoms with Crippen LogP contribution in [-0.4, -0.2) is 14.4 Å². The van der Waals surface area contributed by atoms with E-state index in [2.05, 4.69) is 34.0 Å². The SMILES string of the molecule is CC(C)c1nc2ccc(Cl)cn2c1N=Nc1cccc2cccnc12. The zero-order chi connectivity index (χ0) is 17.4. The van der Waals surface area contributed by atoms with E-state index in [1.807, 2.05) is 53.1 Å². The van der Waals surface area contributed by atoms with Crippen molar-refractivity contribution in [1.29, 1.82) is 0 Å². The fraction of sp³-hybridized carbons (Fsp3) is 0.158. The first-order valence-corrected chi connectivity index (χ1v) is 8.44. The van der Waals surface area contributed by atoms with Gasteiger partial charge in [-0.05, 0) is 30.2 Å². The maximum atomic E-state index is 6.14. The van der Waals surface area contributed by atoms with Crippen LogP contribution in [0.4, 0.5) is 11.5 Å². The number of nitrogens with zero attached hydrogens (tertiary/aromatic N) is 5. The van der Waals surface area contributed by atoms with E-state index in [4.69, 9.17) is 11.6 Å². The lowest BCUT2D eigenvalue weighted by Gasteiger charge is -2.03. The molecule has 1 aromatic carbocycles. The molecule has 0 aliphatic carbocycles. The van der Waals surface area contributed by atoms with Crippen LogP contribution in [0.2, 0.25) is 5.02 Å². The van der Waals surface area contributed by atoms with Crippen molar-refractivity contribution in [2.75, 3.05) is 0 Å². The normalized spacial score (nSPS) is 12.0. The molecule has 0 bridgehead atoms. The highest BCUT2D eigenvalue weighted by atomic mass is 35.5. The molecule has 0 aliphatic heterocycles. The van der Waals surface area contributed by atoms with E-state index in [0.29, 0.717) is 10.8 Å². The second kappa shape index (κ2) is 6.26. The molecule has 5 nitrogen and oxygen atoms in total. The van der Waals surface area contributed by atoms with Crippen molar-refractivity contribution in [2.45, 2.75) is 19.8 Å². The van der Waals surface area contributed by atoms with Gasteiger partial charge in [-0.25, -0.2) is 4.98 Å². The fourth-order valence-corrected chi connectivity index (χ4v) is 2.94. The molecule has 0 saturated heterocycles. The lowest BCUT2D eigenvalue weighted by atomic mass is 10.1. The fourth-order valence-electron chi connectivity index (χ4n) is 2.78. The first kappa shape index (κ1) is 15.7. The summed E-state index contributed by atoms with van der Waals surface area (Å²) >= 11 is 6.14. The minimum absolute atomic E-state index is 0.221. The summed E-state index contributed by atoms with van der Waals surface area (Å²) in [5.41, 5.74) is 3.24. The molecule has 3 aromatic heterocycles. The molecule has 4 aromatic rings. The summed E-state index contributed by atoms with van der Waals surface area (Å²) in [5, 5.41) is 10.6. The van der Waals surface area contributed by atoms with Gasteiger partial charge in [0.2, 0.25) is 0 Å². The predicted molar refractivity (Wildman–Crippen MR) is 100 cm³/mol. The largest absolute Gasteiger partial charge is 0.281 e.